The van der Waals surface area contributed by atoms with Crippen LogP contribution in [0.1, 0.15) is 39.9 Å². The van der Waals surface area contributed by atoms with Crippen LogP contribution in [-0.2, 0) is 17.6 Å². The predicted octanol–water partition coefficient (Wildman–Crippen LogP) is 2.70. The van der Waals surface area contributed by atoms with Gasteiger partial charge in [-0.2, -0.15) is 5.26 Å². The van der Waals surface area contributed by atoms with E-state index in [0.29, 0.717) is 4.88 Å². The molecule has 1 aliphatic rings. The molecule has 16 heavy (non-hydrogen) atoms. The maximum atomic E-state index is 11.7. The molecule has 1 aliphatic carbocycles. The van der Waals surface area contributed by atoms with E-state index < -0.39 is 6.10 Å². The van der Waals surface area contributed by atoms with Gasteiger partial charge in [0.15, 0.2) is 6.10 Å². The van der Waals surface area contributed by atoms with E-state index in [1.165, 1.54) is 34.6 Å². The highest BCUT2D eigenvalue weighted by atomic mass is 32.1. The lowest BCUT2D eigenvalue weighted by atomic mass is 9.99. The minimum absolute atomic E-state index is 0.367. The quantitative estimate of drug-likeness (QED) is 0.740. The van der Waals surface area contributed by atoms with E-state index in [1.807, 2.05) is 12.1 Å². The van der Waals surface area contributed by atoms with Gasteiger partial charge in [-0.05, 0) is 44.2 Å². The van der Waals surface area contributed by atoms with Gasteiger partial charge < -0.3 is 4.74 Å². The van der Waals surface area contributed by atoms with Crippen LogP contribution in [-0.4, -0.2) is 12.1 Å². The fourth-order valence-electron chi connectivity index (χ4n) is 1.84. The number of ether oxygens (including phenoxy) is 1. The summed E-state index contributed by atoms with van der Waals surface area (Å²) in [5, 5.41) is 8.57. The second-order valence-corrected chi connectivity index (χ2v) is 5.08. The second-order valence-electron chi connectivity index (χ2n) is 3.94. The van der Waals surface area contributed by atoms with Gasteiger partial charge >= 0.3 is 5.97 Å². The number of rotatable bonds is 2. The van der Waals surface area contributed by atoms with Gasteiger partial charge in [0.2, 0.25) is 0 Å². The highest BCUT2D eigenvalue weighted by Gasteiger charge is 2.19. The zero-order chi connectivity index (χ0) is 11.5. The van der Waals surface area contributed by atoms with Gasteiger partial charge in [-0.15, -0.1) is 11.3 Å². The van der Waals surface area contributed by atoms with Gasteiger partial charge in [0.1, 0.15) is 10.9 Å². The normalized spacial score (nSPS) is 16.0. The lowest BCUT2D eigenvalue weighted by Crippen LogP contribution is -2.11. The van der Waals surface area contributed by atoms with E-state index >= 15 is 0 Å². The third kappa shape index (κ3) is 2.25. The summed E-state index contributed by atoms with van der Waals surface area (Å²) in [5.41, 5.74) is 1.29. The molecule has 0 fully saturated rings. The molecule has 1 aromatic rings. The topological polar surface area (TPSA) is 50.1 Å². The summed E-state index contributed by atoms with van der Waals surface area (Å²) >= 11 is 1.51. The van der Waals surface area contributed by atoms with Crippen molar-refractivity contribution in [3.63, 3.8) is 0 Å². The van der Waals surface area contributed by atoms with Crippen LogP contribution < -0.4 is 0 Å². The number of hydrogen-bond acceptors (Lipinski definition) is 4. The van der Waals surface area contributed by atoms with Crippen molar-refractivity contribution in [2.45, 2.75) is 38.7 Å². The van der Waals surface area contributed by atoms with Crippen molar-refractivity contribution in [1.29, 1.82) is 5.26 Å². The average molecular weight is 235 g/mol. The van der Waals surface area contributed by atoms with Crippen molar-refractivity contribution in [3.05, 3.63) is 21.4 Å². The van der Waals surface area contributed by atoms with Gasteiger partial charge in [-0.25, -0.2) is 4.79 Å². The minimum atomic E-state index is -0.674. The van der Waals surface area contributed by atoms with Crippen molar-refractivity contribution in [3.8, 4) is 6.07 Å². The molecule has 0 aliphatic heterocycles. The Morgan fingerprint density at radius 2 is 2.31 bits per heavy atom. The van der Waals surface area contributed by atoms with Crippen molar-refractivity contribution < 1.29 is 9.53 Å². The van der Waals surface area contributed by atoms with Crippen molar-refractivity contribution >= 4 is 17.3 Å². The molecular weight excluding hydrogens is 222 g/mol. The first-order valence-corrected chi connectivity index (χ1v) is 6.24. The lowest BCUT2D eigenvalue weighted by molar-refractivity contribution is 0.0441. The summed E-state index contributed by atoms with van der Waals surface area (Å²) in [5.74, 6) is -0.367. The lowest BCUT2D eigenvalue weighted by Gasteiger charge is -2.08. The molecule has 1 heterocycles. The zero-order valence-electron chi connectivity index (χ0n) is 9.16. The van der Waals surface area contributed by atoms with Crippen LogP contribution in [0.4, 0.5) is 0 Å². The predicted molar refractivity (Wildman–Crippen MR) is 61.5 cm³/mol. The minimum Gasteiger partial charge on any atom is -0.443 e. The van der Waals surface area contributed by atoms with Gasteiger partial charge in [0, 0.05) is 4.88 Å². The molecule has 0 saturated carbocycles. The first-order chi connectivity index (χ1) is 7.70. The summed E-state index contributed by atoms with van der Waals surface area (Å²) in [6.07, 6.45) is 3.86. The Morgan fingerprint density at radius 1 is 1.56 bits per heavy atom. The molecule has 0 spiro atoms. The number of carbonyl (C=O) groups is 1. The molecule has 0 bridgehead atoms. The molecule has 1 aromatic heterocycles. The molecule has 0 aromatic carbocycles. The van der Waals surface area contributed by atoms with Crippen LogP contribution in [0.25, 0.3) is 0 Å². The fourth-order valence-corrected chi connectivity index (χ4v) is 2.97. The van der Waals surface area contributed by atoms with Crippen LogP contribution in [0.15, 0.2) is 6.07 Å². The smallest absolute Gasteiger partial charge is 0.349 e. The number of hydrogen-bond donors (Lipinski definition) is 0. The third-order valence-corrected chi connectivity index (χ3v) is 3.88. The van der Waals surface area contributed by atoms with Gasteiger partial charge in [-0.3, -0.25) is 0 Å². The van der Waals surface area contributed by atoms with E-state index in [-0.39, 0.29) is 5.97 Å². The molecule has 1 unspecified atom stereocenters. The number of nitrogens with zero attached hydrogens (tertiary/aromatic N) is 1. The Balaban J connectivity index is 2.12. The average Bonchev–Trinajstić information content (AvgIpc) is 2.72. The Hall–Kier alpha value is -1.34. The van der Waals surface area contributed by atoms with Gasteiger partial charge in [-0.1, -0.05) is 0 Å². The number of thiophene rings is 1. The number of fused-ring (bicyclic) bond motifs is 1. The fraction of sp³-hybridized carbons (Fsp3) is 0.500. The molecule has 3 nitrogen and oxygen atoms in total. The maximum absolute atomic E-state index is 11.7. The highest BCUT2D eigenvalue weighted by Crippen LogP contribution is 2.30. The van der Waals surface area contributed by atoms with Crippen LogP contribution in [0.2, 0.25) is 0 Å². The largest absolute Gasteiger partial charge is 0.443 e. The van der Waals surface area contributed by atoms with Crippen LogP contribution in [0.3, 0.4) is 0 Å². The second kappa shape index (κ2) is 4.67. The highest BCUT2D eigenvalue weighted by molar-refractivity contribution is 7.14. The Bertz CT molecular complexity index is 421. The Labute approximate surface area is 98.7 Å². The summed E-state index contributed by atoms with van der Waals surface area (Å²) in [7, 11) is 0. The molecule has 2 rings (SSSR count). The number of carbonyl (C=O) groups excluding carboxylic acids is 1. The first kappa shape index (κ1) is 11.2. The van der Waals surface area contributed by atoms with Crippen LogP contribution in [0.5, 0.6) is 0 Å². The van der Waals surface area contributed by atoms with Crippen molar-refractivity contribution in [2.24, 2.45) is 0 Å². The first-order valence-electron chi connectivity index (χ1n) is 5.43. The number of esters is 1. The molecular formula is C12H13NO2S. The van der Waals surface area contributed by atoms with Gasteiger partial charge in [0.25, 0.3) is 0 Å². The van der Waals surface area contributed by atoms with Gasteiger partial charge in [0.05, 0.1) is 0 Å². The number of nitriles is 1. The monoisotopic (exact) mass is 235 g/mol. The zero-order valence-corrected chi connectivity index (χ0v) is 9.97. The third-order valence-electron chi connectivity index (χ3n) is 2.66. The standard InChI is InChI=1S/C12H13NO2S/c1-8(7-13)15-12(14)11-6-9-4-2-3-5-10(9)16-11/h6,8H,2-5H2,1H3. The SMILES string of the molecule is CC(C#N)OC(=O)c1cc2c(s1)CCCC2. The summed E-state index contributed by atoms with van der Waals surface area (Å²) in [6.45, 7) is 1.57. The summed E-state index contributed by atoms with van der Waals surface area (Å²) in [4.78, 5) is 13.6. The summed E-state index contributed by atoms with van der Waals surface area (Å²) < 4.78 is 4.97. The Kier molecular flexibility index (Phi) is 3.25. The van der Waals surface area contributed by atoms with E-state index in [1.54, 1.807) is 6.92 Å². The molecule has 4 heteroatoms. The van der Waals surface area contributed by atoms with Crippen molar-refractivity contribution in [2.75, 3.05) is 0 Å². The van der Waals surface area contributed by atoms with E-state index in [0.717, 1.165) is 12.8 Å². The maximum Gasteiger partial charge on any atom is 0.349 e. The van der Waals surface area contributed by atoms with Crippen LogP contribution >= 0.6 is 11.3 Å². The van der Waals surface area contributed by atoms with E-state index in [9.17, 15) is 4.79 Å². The molecule has 84 valence electrons. The van der Waals surface area contributed by atoms with E-state index in [4.69, 9.17) is 10.00 Å². The molecule has 0 saturated heterocycles. The van der Waals surface area contributed by atoms with Crippen molar-refractivity contribution in [1.82, 2.24) is 0 Å². The molecule has 0 amide bonds. The molecule has 1 atom stereocenters. The number of aryl methyl sites for hydroxylation is 2. The van der Waals surface area contributed by atoms with E-state index in [2.05, 4.69) is 0 Å². The Morgan fingerprint density at radius 3 is 3.00 bits per heavy atom. The van der Waals surface area contributed by atoms with Crippen LogP contribution in [0, 0.1) is 11.3 Å². The molecule has 0 radical (unpaired) electrons. The summed E-state index contributed by atoms with van der Waals surface area (Å²) in [6, 6.07) is 3.81. The molecule has 0 N–H and O–H groups in total.